The molecule has 0 unspecified atom stereocenters. The SMILES string of the molecule is O=S(=O)(c1cccc(C(F)(F)F)c1)C1CCN(c2nc(-c3cc(F)cc(Cl)c3)cs2)CC1. The minimum atomic E-state index is -4.61. The van der Waals surface area contributed by atoms with Crippen LogP contribution in [-0.2, 0) is 16.0 Å². The Morgan fingerprint density at radius 3 is 2.47 bits per heavy atom. The van der Waals surface area contributed by atoms with Gasteiger partial charge in [0.15, 0.2) is 15.0 Å². The second kappa shape index (κ2) is 8.64. The number of hydrogen-bond donors (Lipinski definition) is 0. The highest BCUT2D eigenvalue weighted by atomic mass is 35.5. The molecular formula is C21H17ClF4N2O2S2. The van der Waals surface area contributed by atoms with Crippen molar-refractivity contribution in [3.63, 3.8) is 0 Å². The number of sulfone groups is 1. The molecule has 32 heavy (non-hydrogen) atoms. The van der Waals surface area contributed by atoms with Crippen molar-refractivity contribution in [1.82, 2.24) is 4.98 Å². The van der Waals surface area contributed by atoms with Gasteiger partial charge in [-0.1, -0.05) is 17.7 Å². The fourth-order valence-electron chi connectivity index (χ4n) is 3.64. The van der Waals surface area contributed by atoms with Gasteiger partial charge in [-0.3, -0.25) is 0 Å². The summed E-state index contributed by atoms with van der Waals surface area (Å²) < 4.78 is 78.4. The number of benzene rings is 2. The molecule has 0 aliphatic carbocycles. The zero-order valence-electron chi connectivity index (χ0n) is 16.4. The van der Waals surface area contributed by atoms with Gasteiger partial charge in [-0.25, -0.2) is 17.8 Å². The number of aromatic nitrogens is 1. The summed E-state index contributed by atoms with van der Waals surface area (Å²) in [4.78, 5) is 6.12. The predicted octanol–water partition coefficient (Wildman–Crippen LogP) is 6.06. The quantitative estimate of drug-likeness (QED) is 0.405. The Kier molecular flexibility index (Phi) is 6.21. The van der Waals surface area contributed by atoms with E-state index >= 15 is 0 Å². The fourth-order valence-corrected chi connectivity index (χ4v) is 6.53. The summed E-state index contributed by atoms with van der Waals surface area (Å²) >= 11 is 7.25. The molecule has 0 radical (unpaired) electrons. The minimum Gasteiger partial charge on any atom is -0.348 e. The summed E-state index contributed by atoms with van der Waals surface area (Å²) in [5, 5.41) is 1.92. The van der Waals surface area contributed by atoms with Crippen molar-refractivity contribution in [2.75, 3.05) is 18.0 Å². The Bertz CT molecular complexity index is 1220. The zero-order valence-corrected chi connectivity index (χ0v) is 18.8. The number of nitrogens with zero attached hydrogens (tertiary/aromatic N) is 2. The second-order valence-corrected chi connectivity index (χ2v) is 10.9. The molecule has 2 aromatic carbocycles. The van der Waals surface area contributed by atoms with Crippen LogP contribution in [-0.4, -0.2) is 31.7 Å². The molecule has 0 bridgehead atoms. The van der Waals surface area contributed by atoms with Gasteiger partial charge in [0.25, 0.3) is 0 Å². The molecule has 1 aromatic heterocycles. The minimum absolute atomic E-state index is 0.259. The molecule has 0 N–H and O–H groups in total. The number of hydrogen-bond acceptors (Lipinski definition) is 5. The molecule has 1 saturated heterocycles. The molecule has 11 heteroatoms. The van der Waals surface area contributed by atoms with Gasteiger partial charge in [0.1, 0.15) is 5.82 Å². The van der Waals surface area contributed by atoms with E-state index in [0.717, 1.165) is 12.1 Å². The first kappa shape index (κ1) is 23.0. The van der Waals surface area contributed by atoms with E-state index < -0.39 is 32.6 Å². The second-order valence-electron chi connectivity index (χ2n) is 7.43. The maximum absolute atomic E-state index is 13.6. The van der Waals surface area contributed by atoms with Crippen LogP contribution in [0.5, 0.6) is 0 Å². The van der Waals surface area contributed by atoms with Crippen LogP contribution in [0.1, 0.15) is 18.4 Å². The molecule has 0 amide bonds. The highest BCUT2D eigenvalue weighted by Gasteiger charge is 2.35. The third-order valence-electron chi connectivity index (χ3n) is 5.29. The van der Waals surface area contributed by atoms with Crippen LogP contribution >= 0.6 is 22.9 Å². The molecule has 0 spiro atoms. The Morgan fingerprint density at radius 2 is 1.81 bits per heavy atom. The van der Waals surface area contributed by atoms with Crippen LogP contribution in [0, 0.1) is 5.82 Å². The van der Waals surface area contributed by atoms with E-state index in [2.05, 4.69) is 4.98 Å². The molecule has 4 rings (SSSR count). The summed E-state index contributed by atoms with van der Waals surface area (Å²) in [6.07, 6.45) is -4.08. The Labute approximate surface area is 191 Å². The van der Waals surface area contributed by atoms with E-state index in [1.54, 1.807) is 11.4 Å². The number of alkyl halides is 3. The number of halogens is 5. The van der Waals surface area contributed by atoms with Crippen LogP contribution in [0.3, 0.4) is 0 Å². The van der Waals surface area contributed by atoms with Crippen molar-refractivity contribution in [2.45, 2.75) is 29.2 Å². The largest absolute Gasteiger partial charge is 0.416 e. The van der Waals surface area contributed by atoms with Gasteiger partial charge in [-0.2, -0.15) is 13.2 Å². The van der Waals surface area contributed by atoms with Crippen LogP contribution < -0.4 is 4.90 Å². The molecule has 4 nitrogen and oxygen atoms in total. The summed E-state index contributed by atoms with van der Waals surface area (Å²) in [7, 11) is -3.90. The first-order valence-electron chi connectivity index (χ1n) is 9.62. The van der Waals surface area contributed by atoms with E-state index in [-0.39, 0.29) is 22.8 Å². The third-order valence-corrected chi connectivity index (χ3v) is 8.67. The number of rotatable bonds is 4. The molecule has 170 valence electrons. The van der Waals surface area contributed by atoms with Crippen molar-refractivity contribution < 1.29 is 26.0 Å². The smallest absolute Gasteiger partial charge is 0.348 e. The maximum Gasteiger partial charge on any atom is 0.416 e. The van der Waals surface area contributed by atoms with E-state index in [1.807, 2.05) is 4.90 Å². The van der Waals surface area contributed by atoms with Gasteiger partial charge >= 0.3 is 6.18 Å². The number of piperidine rings is 1. The summed E-state index contributed by atoms with van der Waals surface area (Å²) in [5.74, 6) is -0.470. The van der Waals surface area contributed by atoms with Crippen LogP contribution in [0.25, 0.3) is 11.3 Å². The predicted molar refractivity (Wildman–Crippen MR) is 116 cm³/mol. The number of thiazole rings is 1. The van der Waals surface area contributed by atoms with Crippen molar-refractivity contribution in [1.29, 1.82) is 0 Å². The van der Waals surface area contributed by atoms with E-state index in [0.29, 0.717) is 35.5 Å². The van der Waals surface area contributed by atoms with Crippen molar-refractivity contribution >= 4 is 37.9 Å². The Balaban J connectivity index is 1.47. The third kappa shape index (κ3) is 4.77. The van der Waals surface area contributed by atoms with Gasteiger partial charge in [0, 0.05) is 29.1 Å². The highest BCUT2D eigenvalue weighted by molar-refractivity contribution is 7.92. The molecule has 3 aromatic rings. The van der Waals surface area contributed by atoms with Crippen LogP contribution in [0.2, 0.25) is 5.02 Å². The average Bonchev–Trinajstić information content (AvgIpc) is 3.23. The molecule has 2 heterocycles. The van der Waals surface area contributed by atoms with Gasteiger partial charge in [-0.15, -0.1) is 11.3 Å². The molecule has 0 saturated carbocycles. The lowest BCUT2D eigenvalue weighted by molar-refractivity contribution is -0.137. The lowest BCUT2D eigenvalue weighted by Crippen LogP contribution is -2.39. The normalized spacial score (nSPS) is 15.8. The molecule has 1 aliphatic rings. The van der Waals surface area contributed by atoms with Crippen molar-refractivity contribution in [3.05, 3.63) is 64.2 Å². The van der Waals surface area contributed by atoms with Gasteiger partial charge in [-0.05, 0) is 49.2 Å². The summed E-state index contributed by atoms with van der Waals surface area (Å²) in [6, 6.07) is 8.01. The monoisotopic (exact) mass is 504 g/mol. The van der Waals surface area contributed by atoms with Gasteiger partial charge in [0.05, 0.1) is 21.4 Å². The van der Waals surface area contributed by atoms with Gasteiger partial charge < -0.3 is 4.90 Å². The van der Waals surface area contributed by atoms with Crippen molar-refractivity contribution in [3.8, 4) is 11.3 Å². The Hall–Kier alpha value is -2.17. The maximum atomic E-state index is 13.6. The molecule has 0 atom stereocenters. The topological polar surface area (TPSA) is 50.3 Å². The van der Waals surface area contributed by atoms with Crippen molar-refractivity contribution in [2.24, 2.45) is 0 Å². The average molecular weight is 505 g/mol. The van der Waals surface area contributed by atoms with Gasteiger partial charge in [0.2, 0.25) is 0 Å². The molecule has 1 aliphatic heterocycles. The molecule has 1 fully saturated rings. The first-order chi connectivity index (χ1) is 15.0. The summed E-state index contributed by atoms with van der Waals surface area (Å²) in [6.45, 7) is 0.777. The lowest BCUT2D eigenvalue weighted by Gasteiger charge is -2.31. The lowest BCUT2D eigenvalue weighted by atomic mass is 10.1. The fraction of sp³-hybridized carbons (Fsp3) is 0.286. The Morgan fingerprint density at radius 1 is 1.09 bits per heavy atom. The standard InChI is InChI=1S/C21H17ClF4N2O2S2/c22-15-8-13(9-16(23)11-15)19-12-31-20(27-19)28-6-4-17(5-7-28)32(29,30)18-3-1-2-14(10-18)21(24,25)26/h1-3,8-12,17H,4-7H2. The van der Waals surface area contributed by atoms with E-state index in [4.69, 9.17) is 11.6 Å². The van der Waals surface area contributed by atoms with Crippen LogP contribution in [0.15, 0.2) is 52.7 Å². The molecular weight excluding hydrogens is 488 g/mol. The van der Waals surface area contributed by atoms with Crippen LogP contribution in [0.4, 0.5) is 22.7 Å². The summed E-state index contributed by atoms with van der Waals surface area (Å²) in [5.41, 5.74) is 0.119. The number of anilines is 1. The van der Waals surface area contributed by atoms with E-state index in [9.17, 15) is 26.0 Å². The van der Waals surface area contributed by atoms with E-state index in [1.165, 1.54) is 29.5 Å². The zero-order chi connectivity index (χ0) is 23.1. The first-order valence-corrected chi connectivity index (χ1v) is 12.4. The highest BCUT2D eigenvalue weighted by Crippen LogP contribution is 2.34.